The van der Waals surface area contributed by atoms with E-state index in [0.29, 0.717) is 11.5 Å². The molecule has 0 spiro atoms. The van der Waals surface area contributed by atoms with Gasteiger partial charge in [-0.05, 0) is 44.2 Å². The summed E-state index contributed by atoms with van der Waals surface area (Å²) in [6.45, 7) is 2.27. The van der Waals surface area contributed by atoms with Gasteiger partial charge in [-0.2, -0.15) is 0 Å². The van der Waals surface area contributed by atoms with Gasteiger partial charge in [0.25, 0.3) is 0 Å². The van der Waals surface area contributed by atoms with E-state index >= 15 is 0 Å². The lowest BCUT2D eigenvalue weighted by Gasteiger charge is -2.01. The fraction of sp³-hybridized carbons (Fsp3) is 0.625. The molecule has 146 valence electrons. The zero-order valence-electron chi connectivity index (χ0n) is 16.8. The number of carbonyl (C=O) groups is 1. The molecule has 0 unspecified atom stereocenters. The van der Waals surface area contributed by atoms with Crippen molar-refractivity contribution in [2.75, 3.05) is 0 Å². The lowest BCUT2D eigenvalue weighted by atomic mass is 10.1. The van der Waals surface area contributed by atoms with E-state index in [1.807, 2.05) is 30.3 Å². The zero-order valence-corrected chi connectivity index (χ0v) is 17.6. The van der Waals surface area contributed by atoms with Gasteiger partial charge in [-0.1, -0.05) is 100 Å². The van der Waals surface area contributed by atoms with E-state index in [0.717, 1.165) is 11.3 Å². The smallest absolute Gasteiger partial charge is 0.193 e. The average molecular weight is 375 g/mol. The van der Waals surface area contributed by atoms with Gasteiger partial charge in [-0.25, -0.2) is 0 Å². The van der Waals surface area contributed by atoms with E-state index in [9.17, 15) is 4.79 Å². The fourth-order valence-corrected chi connectivity index (χ4v) is 3.81. The average Bonchev–Trinajstić information content (AvgIpc) is 2.65. The molecule has 26 heavy (non-hydrogen) atoms. The number of allylic oxidation sites excluding steroid dienone is 2. The summed E-state index contributed by atoms with van der Waals surface area (Å²) in [6.07, 6.45) is 22.3. The highest BCUT2D eigenvalue weighted by Crippen LogP contribution is 2.21. The van der Waals surface area contributed by atoms with Crippen molar-refractivity contribution in [1.29, 1.82) is 0 Å². The van der Waals surface area contributed by atoms with E-state index in [1.54, 1.807) is 0 Å². The van der Waals surface area contributed by atoms with Gasteiger partial charge in [0.2, 0.25) is 0 Å². The Hall–Kier alpha value is -1.02. The minimum absolute atomic E-state index is 0.300. The molecule has 0 atom stereocenters. The molecule has 0 radical (unpaired) electrons. The van der Waals surface area contributed by atoms with Crippen molar-refractivity contribution in [3.8, 4) is 0 Å². The molecular formula is C24H38OS. The molecule has 0 aliphatic heterocycles. The van der Waals surface area contributed by atoms with Crippen molar-refractivity contribution in [3.63, 3.8) is 0 Å². The Bertz CT molecular complexity index is 466. The molecule has 0 bridgehead atoms. The maximum absolute atomic E-state index is 11.9. The maximum Gasteiger partial charge on any atom is 0.193 e. The van der Waals surface area contributed by atoms with Crippen molar-refractivity contribution in [2.24, 2.45) is 0 Å². The van der Waals surface area contributed by atoms with Crippen LogP contribution in [0.25, 0.3) is 0 Å². The number of unbranched alkanes of at least 4 members (excludes halogenated alkanes) is 11. The molecule has 1 aromatic rings. The molecule has 0 amide bonds. The van der Waals surface area contributed by atoms with Crippen LogP contribution in [0.4, 0.5) is 0 Å². The van der Waals surface area contributed by atoms with E-state index in [4.69, 9.17) is 0 Å². The number of carbonyl (C=O) groups excluding carboxylic acids is 1. The first-order chi connectivity index (χ1) is 12.8. The Morgan fingerprint density at radius 3 is 1.92 bits per heavy atom. The molecule has 1 rings (SSSR count). The van der Waals surface area contributed by atoms with Crippen LogP contribution in [0.15, 0.2) is 47.4 Å². The maximum atomic E-state index is 11.9. The summed E-state index contributed by atoms with van der Waals surface area (Å²) in [7, 11) is 0. The predicted molar refractivity (Wildman–Crippen MR) is 117 cm³/mol. The fourth-order valence-electron chi connectivity index (χ4n) is 3.01. The minimum atomic E-state index is 0.300. The molecule has 0 fully saturated rings. The number of thioether (sulfide) groups is 1. The second-order valence-electron chi connectivity index (χ2n) is 7.12. The first kappa shape index (κ1) is 23.0. The van der Waals surface area contributed by atoms with Crippen molar-refractivity contribution >= 4 is 16.9 Å². The highest BCUT2D eigenvalue weighted by Gasteiger charge is 2.03. The predicted octanol–water partition coefficient (Wildman–Crippen LogP) is 8.34. The van der Waals surface area contributed by atoms with Crippen LogP contribution in [0.2, 0.25) is 0 Å². The van der Waals surface area contributed by atoms with Crippen molar-refractivity contribution in [2.45, 2.75) is 102 Å². The van der Waals surface area contributed by atoms with Crippen molar-refractivity contribution in [3.05, 3.63) is 42.5 Å². The van der Waals surface area contributed by atoms with Gasteiger partial charge in [0.1, 0.15) is 0 Å². The SMILES string of the molecule is CCCCCCCCC=CCCCCCCCC(=O)Sc1ccccc1. The molecule has 0 aliphatic carbocycles. The van der Waals surface area contributed by atoms with Crippen LogP contribution in [0, 0.1) is 0 Å². The second kappa shape index (κ2) is 17.4. The largest absolute Gasteiger partial charge is 0.287 e. The first-order valence-electron chi connectivity index (χ1n) is 10.7. The monoisotopic (exact) mass is 374 g/mol. The first-order valence-corrected chi connectivity index (χ1v) is 11.6. The number of rotatable bonds is 16. The number of hydrogen-bond donors (Lipinski definition) is 0. The molecule has 1 aromatic carbocycles. The van der Waals surface area contributed by atoms with Gasteiger partial charge in [0.15, 0.2) is 5.12 Å². The summed E-state index contributed by atoms with van der Waals surface area (Å²) < 4.78 is 0. The van der Waals surface area contributed by atoms with Crippen LogP contribution in [-0.2, 0) is 4.79 Å². The van der Waals surface area contributed by atoms with E-state index in [-0.39, 0.29) is 0 Å². The van der Waals surface area contributed by atoms with E-state index in [2.05, 4.69) is 19.1 Å². The van der Waals surface area contributed by atoms with Crippen molar-refractivity contribution in [1.82, 2.24) is 0 Å². The summed E-state index contributed by atoms with van der Waals surface area (Å²) >= 11 is 1.38. The van der Waals surface area contributed by atoms with Crippen LogP contribution in [-0.4, -0.2) is 5.12 Å². The van der Waals surface area contributed by atoms with E-state index in [1.165, 1.54) is 88.8 Å². The van der Waals surface area contributed by atoms with Crippen LogP contribution < -0.4 is 0 Å². The van der Waals surface area contributed by atoms with Crippen LogP contribution >= 0.6 is 11.8 Å². The van der Waals surface area contributed by atoms with E-state index < -0.39 is 0 Å². The van der Waals surface area contributed by atoms with Crippen LogP contribution in [0.3, 0.4) is 0 Å². The van der Waals surface area contributed by atoms with Gasteiger partial charge in [0.05, 0.1) is 0 Å². The lowest BCUT2D eigenvalue weighted by molar-refractivity contribution is -0.111. The summed E-state index contributed by atoms with van der Waals surface area (Å²) in [5, 5.41) is 0.300. The number of benzene rings is 1. The Balaban J connectivity index is 1.83. The lowest BCUT2D eigenvalue weighted by Crippen LogP contribution is -1.91. The van der Waals surface area contributed by atoms with Gasteiger partial charge in [-0.15, -0.1) is 0 Å². The summed E-state index contributed by atoms with van der Waals surface area (Å²) in [5.74, 6) is 0. The molecule has 0 N–H and O–H groups in total. The molecule has 0 aliphatic rings. The number of hydrogen-bond acceptors (Lipinski definition) is 2. The quantitative estimate of drug-likeness (QED) is 0.164. The molecule has 0 heterocycles. The minimum Gasteiger partial charge on any atom is -0.287 e. The molecule has 0 saturated heterocycles. The zero-order chi connectivity index (χ0) is 18.7. The second-order valence-corrected chi connectivity index (χ2v) is 8.25. The molecule has 1 nitrogen and oxygen atoms in total. The normalized spacial score (nSPS) is 11.3. The van der Waals surface area contributed by atoms with Gasteiger partial charge < -0.3 is 0 Å². The topological polar surface area (TPSA) is 17.1 Å². The highest BCUT2D eigenvalue weighted by atomic mass is 32.2. The van der Waals surface area contributed by atoms with Crippen LogP contribution in [0.1, 0.15) is 96.8 Å². The third-order valence-electron chi connectivity index (χ3n) is 4.62. The summed E-state index contributed by atoms with van der Waals surface area (Å²) in [4.78, 5) is 13.0. The standard InChI is InChI=1S/C24H38OS/c1-2-3-4-5-6-7-8-9-10-11-12-13-14-15-19-22-24(25)26-23-20-17-16-18-21-23/h9-10,16-18,20-21H,2-8,11-15,19,22H2,1H3. The summed E-state index contributed by atoms with van der Waals surface area (Å²) in [5.41, 5.74) is 0. The molecule has 0 aromatic heterocycles. The van der Waals surface area contributed by atoms with Crippen LogP contribution in [0.5, 0.6) is 0 Å². The third-order valence-corrected chi connectivity index (χ3v) is 5.56. The van der Waals surface area contributed by atoms with Crippen molar-refractivity contribution < 1.29 is 4.79 Å². The summed E-state index contributed by atoms with van der Waals surface area (Å²) in [6, 6.07) is 9.96. The van der Waals surface area contributed by atoms with Gasteiger partial charge in [-0.3, -0.25) is 4.79 Å². The third kappa shape index (κ3) is 14.2. The Kier molecular flexibility index (Phi) is 15.4. The van der Waals surface area contributed by atoms with Gasteiger partial charge >= 0.3 is 0 Å². The Morgan fingerprint density at radius 1 is 0.769 bits per heavy atom. The Labute approximate surface area is 166 Å². The molecule has 0 saturated carbocycles. The highest BCUT2D eigenvalue weighted by molar-refractivity contribution is 8.13. The Morgan fingerprint density at radius 2 is 1.31 bits per heavy atom. The molecular weight excluding hydrogens is 336 g/mol. The molecule has 2 heteroatoms. The van der Waals surface area contributed by atoms with Gasteiger partial charge in [0, 0.05) is 11.3 Å².